The Hall–Kier alpha value is -2.08. The van der Waals surface area contributed by atoms with E-state index in [1.54, 1.807) is 0 Å². The van der Waals surface area contributed by atoms with Gasteiger partial charge in [-0.1, -0.05) is 24.3 Å². The van der Waals surface area contributed by atoms with E-state index in [9.17, 15) is 4.79 Å². The van der Waals surface area contributed by atoms with Crippen molar-refractivity contribution in [2.75, 3.05) is 46.4 Å². The van der Waals surface area contributed by atoms with Gasteiger partial charge in [-0.15, -0.1) is 0 Å². The highest BCUT2D eigenvalue weighted by molar-refractivity contribution is 5.82. The highest BCUT2D eigenvalue weighted by Crippen LogP contribution is 2.34. The van der Waals surface area contributed by atoms with Crippen molar-refractivity contribution in [3.63, 3.8) is 0 Å². The van der Waals surface area contributed by atoms with Gasteiger partial charge in [0.15, 0.2) is 5.96 Å². The second-order valence-electron chi connectivity index (χ2n) is 7.34. The van der Waals surface area contributed by atoms with Crippen molar-refractivity contribution in [3.8, 4) is 0 Å². The maximum atomic E-state index is 12.5. The topological polar surface area (TPSA) is 57.2 Å². The predicted molar refractivity (Wildman–Crippen MR) is 101 cm³/mol. The van der Waals surface area contributed by atoms with E-state index < -0.39 is 0 Å². The van der Waals surface area contributed by atoms with Gasteiger partial charge in [0.05, 0.1) is 0 Å². The molecular formula is C20H28N4O2. The summed E-state index contributed by atoms with van der Waals surface area (Å²) in [5.74, 6) is 1.68. The summed E-state index contributed by atoms with van der Waals surface area (Å²) in [5, 5.41) is 3.53. The number of fused-ring (bicyclic) bond motifs is 1. The molecule has 2 atom stereocenters. The number of carbonyl (C=O) groups excluding carboxylic acids is 1. The lowest BCUT2D eigenvalue weighted by Gasteiger charge is -2.38. The maximum Gasteiger partial charge on any atom is 0.251 e. The molecule has 1 aromatic carbocycles. The molecular weight excluding hydrogens is 328 g/mol. The van der Waals surface area contributed by atoms with Crippen LogP contribution < -0.4 is 5.32 Å². The predicted octanol–water partition coefficient (Wildman–Crippen LogP) is 1.22. The molecule has 2 heterocycles. The lowest BCUT2D eigenvalue weighted by atomic mass is 9.78. The number of benzene rings is 1. The van der Waals surface area contributed by atoms with E-state index in [4.69, 9.17) is 4.74 Å². The summed E-state index contributed by atoms with van der Waals surface area (Å²) in [4.78, 5) is 21.1. The van der Waals surface area contributed by atoms with E-state index in [2.05, 4.69) is 39.5 Å². The second kappa shape index (κ2) is 7.66. The second-order valence-corrected chi connectivity index (χ2v) is 7.34. The third-order valence-electron chi connectivity index (χ3n) is 5.78. The number of amides is 1. The standard InChI is InChI=1S/C20H28N4O2/c1-21-20(22-14-16-13-15-5-2-3-6-17(15)16)24-10-8-23(9-11-24)19(25)18-7-4-12-26-18/h2-3,5-6,16,18H,4,7-14H2,1H3,(H,21,22). The van der Waals surface area contributed by atoms with Crippen molar-refractivity contribution >= 4 is 11.9 Å². The molecule has 0 saturated carbocycles. The number of rotatable bonds is 3. The first-order valence-electron chi connectivity index (χ1n) is 9.70. The average Bonchev–Trinajstić information content (AvgIpc) is 3.20. The summed E-state index contributed by atoms with van der Waals surface area (Å²) in [6.07, 6.45) is 2.80. The van der Waals surface area contributed by atoms with Gasteiger partial charge < -0.3 is 19.9 Å². The third kappa shape index (κ3) is 3.43. The molecule has 6 nitrogen and oxygen atoms in total. The molecule has 1 amide bonds. The highest BCUT2D eigenvalue weighted by Gasteiger charge is 2.31. The summed E-state index contributed by atoms with van der Waals surface area (Å²) >= 11 is 0. The zero-order chi connectivity index (χ0) is 17.9. The molecule has 4 rings (SSSR count). The van der Waals surface area contributed by atoms with E-state index in [0.717, 1.165) is 64.6 Å². The molecule has 0 radical (unpaired) electrons. The number of aliphatic imine (C=N–C) groups is 1. The number of guanidine groups is 1. The Bertz CT molecular complexity index is 676. The van der Waals surface area contributed by atoms with Gasteiger partial charge in [0.1, 0.15) is 6.10 Å². The summed E-state index contributed by atoms with van der Waals surface area (Å²) in [6, 6.07) is 8.66. The largest absolute Gasteiger partial charge is 0.368 e. The van der Waals surface area contributed by atoms with Crippen LogP contribution in [0, 0.1) is 0 Å². The molecule has 2 aliphatic heterocycles. The Morgan fingerprint density at radius 1 is 1.23 bits per heavy atom. The van der Waals surface area contributed by atoms with Crippen LogP contribution in [0.5, 0.6) is 0 Å². The average molecular weight is 356 g/mol. The van der Waals surface area contributed by atoms with Crippen molar-refractivity contribution in [1.29, 1.82) is 0 Å². The van der Waals surface area contributed by atoms with Crippen LogP contribution in [0.2, 0.25) is 0 Å². The lowest BCUT2D eigenvalue weighted by molar-refractivity contribution is -0.142. The van der Waals surface area contributed by atoms with Crippen molar-refractivity contribution in [3.05, 3.63) is 35.4 Å². The van der Waals surface area contributed by atoms with Crippen molar-refractivity contribution in [1.82, 2.24) is 15.1 Å². The summed E-state index contributed by atoms with van der Waals surface area (Å²) < 4.78 is 5.53. The van der Waals surface area contributed by atoms with E-state index >= 15 is 0 Å². The smallest absolute Gasteiger partial charge is 0.251 e. The molecule has 6 heteroatoms. The Morgan fingerprint density at radius 3 is 2.69 bits per heavy atom. The fourth-order valence-electron chi connectivity index (χ4n) is 4.21. The van der Waals surface area contributed by atoms with Crippen molar-refractivity contribution in [2.45, 2.75) is 31.3 Å². The molecule has 140 valence electrons. The molecule has 2 saturated heterocycles. The molecule has 3 aliphatic rings. The normalized spacial score (nSPS) is 25.7. The third-order valence-corrected chi connectivity index (χ3v) is 5.78. The van der Waals surface area contributed by atoms with Crippen LogP contribution in [0.25, 0.3) is 0 Å². The Kier molecular flexibility index (Phi) is 5.11. The summed E-state index contributed by atoms with van der Waals surface area (Å²) in [7, 11) is 1.83. The van der Waals surface area contributed by atoms with Crippen LogP contribution in [-0.4, -0.2) is 74.1 Å². The molecule has 2 unspecified atom stereocenters. The highest BCUT2D eigenvalue weighted by atomic mass is 16.5. The van der Waals surface area contributed by atoms with Gasteiger partial charge in [-0.25, -0.2) is 0 Å². The van der Waals surface area contributed by atoms with Gasteiger partial charge in [0, 0.05) is 52.3 Å². The van der Waals surface area contributed by atoms with Crippen LogP contribution in [0.4, 0.5) is 0 Å². The van der Waals surface area contributed by atoms with Crippen LogP contribution in [-0.2, 0) is 16.0 Å². The fourth-order valence-corrected chi connectivity index (χ4v) is 4.21. The maximum absolute atomic E-state index is 12.5. The van der Waals surface area contributed by atoms with Gasteiger partial charge in [-0.05, 0) is 30.4 Å². The Labute approximate surface area is 155 Å². The first kappa shape index (κ1) is 17.3. The minimum atomic E-state index is -0.210. The van der Waals surface area contributed by atoms with Crippen molar-refractivity contribution < 1.29 is 9.53 Å². The van der Waals surface area contributed by atoms with E-state index in [0.29, 0.717) is 5.92 Å². The first-order chi connectivity index (χ1) is 12.8. The van der Waals surface area contributed by atoms with E-state index in [1.165, 1.54) is 11.1 Å². The molecule has 1 aliphatic carbocycles. The van der Waals surface area contributed by atoms with Gasteiger partial charge in [-0.2, -0.15) is 0 Å². The Morgan fingerprint density at radius 2 is 2.00 bits per heavy atom. The van der Waals surface area contributed by atoms with Gasteiger partial charge >= 0.3 is 0 Å². The van der Waals surface area contributed by atoms with Crippen LogP contribution in [0.3, 0.4) is 0 Å². The molecule has 1 N–H and O–H groups in total. The monoisotopic (exact) mass is 356 g/mol. The molecule has 26 heavy (non-hydrogen) atoms. The number of ether oxygens (including phenoxy) is 1. The lowest BCUT2D eigenvalue weighted by Crippen LogP contribution is -2.55. The van der Waals surface area contributed by atoms with Gasteiger partial charge in [-0.3, -0.25) is 9.79 Å². The SMILES string of the molecule is CN=C(NCC1Cc2ccccc21)N1CCN(C(=O)C2CCCO2)CC1. The van der Waals surface area contributed by atoms with Gasteiger partial charge in [0.2, 0.25) is 0 Å². The zero-order valence-electron chi connectivity index (χ0n) is 15.5. The quantitative estimate of drug-likeness (QED) is 0.654. The van der Waals surface area contributed by atoms with Crippen molar-refractivity contribution in [2.24, 2.45) is 4.99 Å². The summed E-state index contributed by atoms with van der Waals surface area (Å²) in [6.45, 7) is 4.76. The number of piperazine rings is 1. The summed E-state index contributed by atoms with van der Waals surface area (Å²) in [5.41, 5.74) is 2.93. The number of nitrogens with one attached hydrogen (secondary N) is 1. The molecule has 0 aromatic heterocycles. The van der Waals surface area contributed by atoms with Crippen LogP contribution in [0.1, 0.15) is 29.9 Å². The van der Waals surface area contributed by atoms with Crippen LogP contribution in [0.15, 0.2) is 29.3 Å². The minimum Gasteiger partial charge on any atom is -0.368 e. The molecule has 0 bridgehead atoms. The Balaban J connectivity index is 1.26. The number of carbonyl (C=O) groups is 1. The number of hydrogen-bond donors (Lipinski definition) is 1. The minimum absolute atomic E-state index is 0.163. The molecule has 2 fully saturated rings. The molecule has 0 spiro atoms. The first-order valence-corrected chi connectivity index (χ1v) is 9.70. The van der Waals surface area contributed by atoms with E-state index in [1.807, 2.05) is 11.9 Å². The molecule has 1 aromatic rings. The fraction of sp³-hybridized carbons (Fsp3) is 0.600. The zero-order valence-corrected chi connectivity index (χ0v) is 15.5. The number of nitrogens with zero attached hydrogens (tertiary/aromatic N) is 3. The number of hydrogen-bond acceptors (Lipinski definition) is 3. The van der Waals surface area contributed by atoms with Gasteiger partial charge in [0.25, 0.3) is 5.91 Å². The van der Waals surface area contributed by atoms with E-state index in [-0.39, 0.29) is 12.0 Å². The van der Waals surface area contributed by atoms with Crippen LogP contribution >= 0.6 is 0 Å².